The van der Waals surface area contributed by atoms with Crippen molar-refractivity contribution in [3.63, 3.8) is 0 Å². The minimum Gasteiger partial charge on any atom is -0.399 e. The standard InChI is InChI=1S/C13H17NO/c1-13(2)8-10-6-4-5-7-11(10)12(9-13)14-15-3/h4-7H,8-9H2,1-3H3/b14-12+. The van der Waals surface area contributed by atoms with Crippen molar-refractivity contribution in [2.24, 2.45) is 10.6 Å². The maximum atomic E-state index is 4.92. The molecule has 1 aliphatic carbocycles. The van der Waals surface area contributed by atoms with Crippen LogP contribution in [-0.4, -0.2) is 12.8 Å². The van der Waals surface area contributed by atoms with E-state index in [9.17, 15) is 0 Å². The Hall–Kier alpha value is -1.31. The third-order valence-corrected chi connectivity index (χ3v) is 2.84. The van der Waals surface area contributed by atoms with E-state index in [4.69, 9.17) is 4.84 Å². The first kappa shape index (κ1) is 10.2. The predicted molar refractivity (Wildman–Crippen MR) is 62.1 cm³/mol. The van der Waals surface area contributed by atoms with Crippen LogP contribution >= 0.6 is 0 Å². The molecular weight excluding hydrogens is 186 g/mol. The molecule has 1 aliphatic rings. The number of hydrogen-bond acceptors (Lipinski definition) is 2. The van der Waals surface area contributed by atoms with E-state index in [0.29, 0.717) is 0 Å². The summed E-state index contributed by atoms with van der Waals surface area (Å²) in [5.41, 5.74) is 3.98. The molecule has 1 aromatic rings. The van der Waals surface area contributed by atoms with Gasteiger partial charge in [-0.3, -0.25) is 0 Å². The Balaban J connectivity index is 2.48. The number of fused-ring (bicyclic) bond motifs is 1. The van der Waals surface area contributed by atoms with E-state index < -0.39 is 0 Å². The van der Waals surface area contributed by atoms with Crippen molar-refractivity contribution in [3.05, 3.63) is 35.4 Å². The highest BCUT2D eigenvalue weighted by molar-refractivity contribution is 6.02. The molecule has 80 valence electrons. The van der Waals surface area contributed by atoms with Gasteiger partial charge in [0.1, 0.15) is 7.11 Å². The second-order valence-electron chi connectivity index (χ2n) is 4.90. The lowest BCUT2D eigenvalue weighted by molar-refractivity contribution is 0.210. The first-order valence-electron chi connectivity index (χ1n) is 5.31. The van der Waals surface area contributed by atoms with Crippen molar-refractivity contribution in [2.45, 2.75) is 26.7 Å². The van der Waals surface area contributed by atoms with Crippen LogP contribution in [0.25, 0.3) is 0 Å². The summed E-state index contributed by atoms with van der Waals surface area (Å²) in [6.45, 7) is 4.54. The number of benzene rings is 1. The van der Waals surface area contributed by atoms with E-state index in [1.807, 2.05) is 0 Å². The molecule has 0 unspecified atom stereocenters. The minimum absolute atomic E-state index is 0.283. The maximum Gasteiger partial charge on any atom is 0.106 e. The molecule has 0 saturated heterocycles. The molecule has 0 heterocycles. The number of nitrogens with zero attached hydrogens (tertiary/aromatic N) is 1. The fourth-order valence-corrected chi connectivity index (χ4v) is 2.27. The van der Waals surface area contributed by atoms with Crippen LogP contribution in [0.15, 0.2) is 29.4 Å². The molecule has 0 bridgehead atoms. The minimum atomic E-state index is 0.283. The molecule has 0 fully saturated rings. The fourth-order valence-electron chi connectivity index (χ4n) is 2.27. The van der Waals surface area contributed by atoms with Crippen LogP contribution in [0.1, 0.15) is 31.4 Å². The molecule has 0 saturated carbocycles. The predicted octanol–water partition coefficient (Wildman–Crippen LogP) is 3.01. The van der Waals surface area contributed by atoms with E-state index in [1.54, 1.807) is 7.11 Å². The van der Waals surface area contributed by atoms with E-state index in [0.717, 1.165) is 18.6 Å². The summed E-state index contributed by atoms with van der Waals surface area (Å²) in [5.74, 6) is 0. The van der Waals surface area contributed by atoms with Crippen LogP contribution in [0.4, 0.5) is 0 Å². The summed E-state index contributed by atoms with van der Waals surface area (Å²) >= 11 is 0. The van der Waals surface area contributed by atoms with E-state index in [1.165, 1.54) is 11.1 Å². The van der Waals surface area contributed by atoms with Gasteiger partial charge in [-0.15, -0.1) is 0 Å². The van der Waals surface area contributed by atoms with E-state index in [-0.39, 0.29) is 5.41 Å². The lowest BCUT2D eigenvalue weighted by Gasteiger charge is -2.31. The molecule has 2 rings (SSSR count). The van der Waals surface area contributed by atoms with Crippen molar-refractivity contribution in [2.75, 3.05) is 7.11 Å². The van der Waals surface area contributed by atoms with Gasteiger partial charge in [0.2, 0.25) is 0 Å². The van der Waals surface area contributed by atoms with E-state index >= 15 is 0 Å². The Morgan fingerprint density at radius 2 is 1.93 bits per heavy atom. The van der Waals surface area contributed by atoms with Crippen LogP contribution in [0.3, 0.4) is 0 Å². The third kappa shape index (κ3) is 2.04. The van der Waals surface area contributed by atoms with Crippen molar-refractivity contribution in [1.82, 2.24) is 0 Å². The molecule has 0 aromatic heterocycles. The molecular formula is C13H17NO. The molecule has 0 aliphatic heterocycles. The van der Waals surface area contributed by atoms with Gasteiger partial charge in [-0.25, -0.2) is 0 Å². The Labute approximate surface area is 90.9 Å². The summed E-state index contributed by atoms with van der Waals surface area (Å²) in [4.78, 5) is 4.92. The fraction of sp³-hybridized carbons (Fsp3) is 0.462. The molecule has 0 N–H and O–H groups in total. The average Bonchev–Trinajstić information content (AvgIpc) is 2.16. The molecule has 2 heteroatoms. The zero-order valence-electron chi connectivity index (χ0n) is 9.58. The van der Waals surface area contributed by atoms with Gasteiger partial charge in [-0.05, 0) is 23.8 Å². The molecule has 0 spiro atoms. The van der Waals surface area contributed by atoms with Crippen LogP contribution in [0.2, 0.25) is 0 Å². The summed E-state index contributed by atoms with van der Waals surface area (Å²) in [7, 11) is 1.61. The van der Waals surface area contributed by atoms with Gasteiger partial charge >= 0.3 is 0 Å². The highest BCUT2D eigenvalue weighted by Crippen LogP contribution is 2.34. The number of rotatable bonds is 1. The van der Waals surface area contributed by atoms with Gasteiger partial charge in [-0.2, -0.15) is 0 Å². The Kier molecular flexibility index (Phi) is 2.51. The topological polar surface area (TPSA) is 21.6 Å². The second kappa shape index (κ2) is 3.69. The normalized spacial score (nSPS) is 21.1. The van der Waals surface area contributed by atoms with Gasteiger partial charge in [0, 0.05) is 5.56 Å². The summed E-state index contributed by atoms with van der Waals surface area (Å²) in [6, 6.07) is 8.46. The molecule has 0 radical (unpaired) electrons. The molecule has 0 amide bonds. The van der Waals surface area contributed by atoms with E-state index in [2.05, 4.69) is 43.3 Å². The van der Waals surface area contributed by atoms with Crippen LogP contribution in [0.5, 0.6) is 0 Å². The Bertz CT molecular complexity index is 393. The quantitative estimate of drug-likeness (QED) is 0.643. The van der Waals surface area contributed by atoms with Crippen molar-refractivity contribution < 1.29 is 4.84 Å². The smallest absolute Gasteiger partial charge is 0.106 e. The summed E-state index contributed by atoms with van der Waals surface area (Å²) in [5, 5.41) is 4.14. The van der Waals surface area contributed by atoms with Crippen LogP contribution in [0, 0.1) is 5.41 Å². The number of hydrogen-bond donors (Lipinski definition) is 0. The van der Waals surface area contributed by atoms with Gasteiger partial charge in [0.05, 0.1) is 5.71 Å². The molecule has 2 nitrogen and oxygen atoms in total. The summed E-state index contributed by atoms with van der Waals surface area (Å²) in [6.07, 6.45) is 2.10. The zero-order chi connectivity index (χ0) is 10.9. The molecule has 15 heavy (non-hydrogen) atoms. The van der Waals surface area contributed by atoms with Gasteiger partial charge < -0.3 is 4.84 Å². The van der Waals surface area contributed by atoms with Crippen molar-refractivity contribution in [1.29, 1.82) is 0 Å². The highest BCUT2D eigenvalue weighted by atomic mass is 16.6. The van der Waals surface area contributed by atoms with Gasteiger partial charge in [0.15, 0.2) is 0 Å². The zero-order valence-corrected chi connectivity index (χ0v) is 9.58. The van der Waals surface area contributed by atoms with Crippen molar-refractivity contribution in [3.8, 4) is 0 Å². The third-order valence-electron chi connectivity index (χ3n) is 2.84. The van der Waals surface area contributed by atoms with Gasteiger partial charge in [0.25, 0.3) is 0 Å². The second-order valence-corrected chi connectivity index (χ2v) is 4.90. The Morgan fingerprint density at radius 1 is 1.20 bits per heavy atom. The lowest BCUT2D eigenvalue weighted by Crippen LogP contribution is -2.27. The average molecular weight is 203 g/mol. The molecule has 1 aromatic carbocycles. The largest absolute Gasteiger partial charge is 0.399 e. The maximum absolute atomic E-state index is 4.92. The first-order valence-corrected chi connectivity index (χ1v) is 5.31. The lowest BCUT2D eigenvalue weighted by atomic mass is 9.73. The SMILES string of the molecule is CO/N=C1\CC(C)(C)Cc2ccccc21. The van der Waals surface area contributed by atoms with Crippen LogP contribution < -0.4 is 0 Å². The van der Waals surface area contributed by atoms with Crippen molar-refractivity contribution >= 4 is 5.71 Å². The first-order chi connectivity index (χ1) is 7.12. The number of oxime groups is 1. The monoisotopic (exact) mass is 203 g/mol. The molecule has 0 atom stereocenters. The Morgan fingerprint density at radius 3 is 2.67 bits per heavy atom. The van der Waals surface area contributed by atoms with Gasteiger partial charge in [-0.1, -0.05) is 43.3 Å². The highest BCUT2D eigenvalue weighted by Gasteiger charge is 2.29. The summed E-state index contributed by atoms with van der Waals surface area (Å²) < 4.78 is 0. The van der Waals surface area contributed by atoms with Crippen LogP contribution in [-0.2, 0) is 11.3 Å².